The Morgan fingerprint density at radius 1 is 1.28 bits per heavy atom. The lowest BCUT2D eigenvalue weighted by Gasteiger charge is -2.04. The van der Waals surface area contributed by atoms with Crippen molar-refractivity contribution < 1.29 is 9.53 Å². The second kappa shape index (κ2) is 5.04. The van der Waals surface area contributed by atoms with Gasteiger partial charge in [0.2, 0.25) is 0 Å². The van der Waals surface area contributed by atoms with Gasteiger partial charge in [-0.25, -0.2) is 4.79 Å². The molecule has 2 rings (SSSR count). The van der Waals surface area contributed by atoms with E-state index in [-0.39, 0.29) is 5.97 Å². The first-order valence-corrected chi connectivity index (χ1v) is 5.92. The Balaban J connectivity index is 2.45. The van der Waals surface area contributed by atoms with Gasteiger partial charge in [0.05, 0.1) is 6.61 Å². The lowest BCUT2D eigenvalue weighted by Crippen LogP contribution is -2.06. The van der Waals surface area contributed by atoms with Crippen LogP contribution >= 0.6 is 0 Å². The maximum absolute atomic E-state index is 11.9. The van der Waals surface area contributed by atoms with E-state index in [1.54, 1.807) is 6.92 Å². The molecule has 0 saturated heterocycles. The first-order valence-electron chi connectivity index (χ1n) is 5.92. The molecule has 0 saturated carbocycles. The van der Waals surface area contributed by atoms with E-state index in [9.17, 15) is 4.79 Å². The Hall–Kier alpha value is -2.10. The molecule has 0 aliphatic carbocycles. The molecule has 0 aliphatic rings. The summed E-state index contributed by atoms with van der Waals surface area (Å²) in [6.07, 6.45) is 0. The number of esters is 1. The molecule has 0 unspecified atom stereocenters. The highest BCUT2D eigenvalue weighted by molar-refractivity contribution is 5.97. The number of H-pyrrole nitrogens is 1. The Bertz CT molecular complexity index is 556. The molecule has 4 heteroatoms. The number of aromatic amines is 1. The van der Waals surface area contributed by atoms with Crippen molar-refractivity contribution in [1.29, 1.82) is 0 Å². The second-order valence-corrected chi connectivity index (χ2v) is 4.16. The van der Waals surface area contributed by atoms with Crippen LogP contribution in [0.25, 0.3) is 11.3 Å². The highest BCUT2D eigenvalue weighted by Crippen LogP contribution is 2.24. The Morgan fingerprint density at radius 2 is 1.94 bits per heavy atom. The summed E-state index contributed by atoms with van der Waals surface area (Å²) in [7, 11) is 0. The molecule has 0 radical (unpaired) electrons. The summed E-state index contributed by atoms with van der Waals surface area (Å²) in [5, 5.41) is 7.03. The van der Waals surface area contributed by atoms with Crippen molar-refractivity contribution in [2.75, 3.05) is 6.61 Å². The van der Waals surface area contributed by atoms with E-state index in [0.29, 0.717) is 17.9 Å². The zero-order valence-corrected chi connectivity index (χ0v) is 10.8. The summed E-state index contributed by atoms with van der Waals surface area (Å²) < 4.78 is 5.05. The van der Waals surface area contributed by atoms with Crippen LogP contribution in [0, 0.1) is 13.8 Å². The van der Waals surface area contributed by atoms with Crippen molar-refractivity contribution >= 4 is 5.97 Å². The molecule has 1 N–H and O–H groups in total. The van der Waals surface area contributed by atoms with E-state index in [4.69, 9.17) is 4.74 Å². The van der Waals surface area contributed by atoms with Crippen molar-refractivity contribution in [3.63, 3.8) is 0 Å². The van der Waals surface area contributed by atoms with Crippen LogP contribution in [-0.4, -0.2) is 22.8 Å². The molecule has 0 atom stereocenters. The standard InChI is InChI=1S/C14H16N2O2/c1-4-18-14(17)12-10(3)15-16-13(12)11-7-5-9(2)6-8-11/h5-8H,4H2,1-3H3,(H,15,16). The zero-order chi connectivity index (χ0) is 13.1. The van der Waals surface area contributed by atoms with Crippen LogP contribution in [0.2, 0.25) is 0 Å². The van der Waals surface area contributed by atoms with Crippen molar-refractivity contribution in [2.24, 2.45) is 0 Å². The second-order valence-electron chi connectivity index (χ2n) is 4.16. The molecule has 1 aromatic carbocycles. The third kappa shape index (κ3) is 2.27. The Kier molecular flexibility index (Phi) is 3.46. The topological polar surface area (TPSA) is 55.0 Å². The van der Waals surface area contributed by atoms with Crippen LogP contribution in [0.15, 0.2) is 24.3 Å². The fourth-order valence-corrected chi connectivity index (χ4v) is 1.80. The molecule has 1 heterocycles. The Morgan fingerprint density at radius 3 is 2.56 bits per heavy atom. The fourth-order valence-electron chi connectivity index (χ4n) is 1.80. The number of nitrogens with zero attached hydrogens (tertiary/aromatic N) is 1. The molecular formula is C14H16N2O2. The minimum absolute atomic E-state index is 0.334. The summed E-state index contributed by atoms with van der Waals surface area (Å²) in [5.74, 6) is -0.334. The monoisotopic (exact) mass is 244 g/mol. The quantitative estimate of drug-likeness (QED) is 0.845. The van der Waals surface area contributed by atoms with Crippen molar-refractivity contribution in [2.45, 2.75) is 20.8 Å². The van der Waals surface area contributed by atoms with Gasteiger partial charge in [0.15, 0.2) is 0 Å². The minimum Gasteiger partial charge on any atom is -0.462 e. The van der Waals surface area contributed by atoms with Gasteiger partial charge < -0.3 is 4.74 Å². The van der Waals surface area contributed by atoms with Gasteiger partial charge in [-0.2, -0.15) is 5.10 Å². The van der Waals surface area contributed by atoms with Crippen LogP contribution < -0.4 is 0 Å². The van der Waals surface area contributed by atoms with E-state index < -0.39 is 0 Å². The van der Waals surface area contributed by atoms with Gasteiger partial charge in [0.25, 0.3) is 0 Å². The minimum atomic E-state index is -0.334. The molecule has 2 aromatic rings. The third-order valence-corrected chi connectivity index (χ3v) is 2.75. The summed E-state index contributed by atoms with van der Waals surface area (Å²) >= 11 is 0. The van der Waals surface area contributed by atoms with Gasteiger partial charge in [0, 0.05) is 11.3 Å². The summed E-state index contributed by atoms with van der Waals surface area (Å²) in [4.78, 5) is 11.9. The number of ether oxygens (including phenoxy) is 1. The first-order chi connectivity index (χ1) is 8.63. The number of hydrogen-bond donors (Lipinski definition) is 1. The number of hydrogen-bond acceptors (Lipinski definition) is 3. The SMILES string of the molecule is CCOC(=O)c1c(-c2ccc(C)cc2)n[nH]c1C. The van der Waals surface area contributed by atoms with Gasteiger partial charge in [-0.1, -0.05) is 29.8 Å². The van der Waals surface area contributed by atoms with Gasteiger partial charge in [-0.05, 0) is 20.8 Å². The summed E-state index contributed by atoms with van der Waals surface area (Å²) in [6, 6.07) is 7.89. The van der Waals surface area contributed by atoms with Crippen molar-refractivity contribution in [3.8, 4) is 11.3 Å². The molecule has 18 heavy (non-hydrogen) atoms. The van der Waals surface area contributed by atoms with Crippen LogP contribution in [0.1, 0.15) is 28.5 Å². The first kappa shape index (κ1) is 12.4. The number of carbonyl (C=O) groups is 1. The third-order valence-electron chi connectivity index (χ3n) is 2.75. The summed E-state index contributed by atoms with van der Waals surface area (Å²) in [6.45, 7) is 5.98. The maximum atomic E-state index is 11.9. The predicted molar refractivity (Wildman–Crippen MR) is 69.5 cm³/mol. The molecule has 1 aromatic heterocycles. The number of rotatable bonds is 3. The van der Waals surface area contributed by atoms with E-state index in [2.05, 4.69) is 10.2 Å². The molecular weight excluding hydrogens is 228 g/mol. The number of aromatic nitrogens is 2. The molecule has 0 fully saturated rings. The van der Waals surface area contributed by atoms with Gasteiger partial charge in [-0.15, -0.1) is 0 Å². The van der Waals surface area contributed by atoms with Crippen LogP contribution in [0.3, 0.4) is 0 Å². The lowest BCUT2D eigenvalue weighted by atomic mass is 10.0. The number of carbonyl (C=O) groups excluding carboxylic acids is 1. The molecule has 0 amide bonds. The van der Waals surface area contributed by atoms with Crippen molar-refractivity contribution in [3.05, 3.63) is 41.1 Å². The van der Waals surface area contributed by atoms with Crippen LogP contribution in [0.5, 0.6) is 0 Å². The maximum Gasteiger partial charge on any atom is 0.342 e. The van der Waals surface area contributed by atoms with Crippen LogP contribution in [0.4, 0.5) is 0 Å². The number of nitrogens with one attached hydrogen (secondary N) is 1. The summed E-state index contributed by atoms with van der Waals surface area (Å²) in [5.41, 5.74) is 3.97. The van der Waals surface area contributed by atoms with E-state index in [1.807, 2.05) is 38.1 Å². The highest BCUT2D eigenvalue weighted by atomic mass is 16.5. The average Bonchev–Trinajstić information content (AvgIpc) is 2.72. The molecule has 0 bridgehead atoms. The van der Waals surface area contributed by atoms with Gasteiger partial charge >= 0.3 is 5.97 Å². The van der Waals surface area contributed by atoms with Gasteiger partial charge in [0.1, 0.15) is 11.3 Å². The van der Waals surface area contributed by atoms with E-state index in [1.165, 1.54) is 5.56 Å². The largest absolute Gasteiger partial charge is 0.462 e. The van der Waals surface area contributed by atoms with Crippen molar-refractivity contribution in [1.82, 2.24) is 10.2 Å². The predicted octanol–water partition coefficient (Wildman–Crippen LogP) is 2.87. The van der Waals surface area contributed by atoms with Crippen LogP contribution in [-0.2, 0) is 4.74 Å². The normalized spacial score (nSPS) is 10.4. The highest BCUT2D eigenvalue weighted by Gasteiger charge is 2.20. The smallest absolute Gasteiger partial charge is 0.342 e. The average molecular weight is 244 g/mol. The van der Waals surface area contributed by atoms with Gasteiger partial charge in [-0.3, -0.25) is 5.10 Å². The zero-order valence-electron chi connectivity index (χ0n) is 10.8. The molecule has 0 aliphatic heterocycles. The van der Waals surface area contributed by atoms with E-state index in [0.717, 1.165) is 11.3 Å². The van der Waals surface area contributed by atoms with E-state index >= 15 is 0 Å². The fraction of sp³-hybridized carbons (Fsp3) is 0.286. The lowest BCUT2D eigenvalue weighted by molar-refractivity contribution is 0.0526. The molecule has 94 valence electrons. The molecule has 4 nitrogen and oxygen atoms in total. The number of aryl methyl sites for hydroxylation is 2. The number of benzene rings is 1. The Labute approximate surface area is 106 Å². The molecule has 0 spiro atoms.